The van der Waals surface area contributed by atoms with E-state index in [2.05, 4.69) is 20.7 Å². The standard InChI is InChI=1S/C13H12BrFN2O3S/c1-17-21(18,19)13-5-3-9(7-12(13)16)20-8-2-4-10(14)11(15)6-8/h2-7,17H,16H2,1H3. The number of nitrogens with one attached hydrogen (secondary N) is 1. The molecule has 5 nitrogen and oxygen atoms in total. The lowest BCUT2D eigenvalue weighted by Crippen LogP contribution is -2.19. The Morgan fingerprint density at radius 1 is 1.19 bits per heavy atom. The normalized spacial score (nSPS) is 11.4. The first kappa shape index (κ1) is 15.7. The highest BCUT2D eigenvalue weighted by Crippen LogP contribution is 2.29. The summed E-state index contributed by atoms with van der Waals surface area (Å²) in [5.41, 5.74) is 5.75. The Morgan fingerprint density at radius 2 is 1.81 bits per heavy atom. The molecule has 0 spiro atoms. The lowest BCUT2D eigenvalue weighted by Gasteiger charge is -2.10. The van der Waals surface area contributed by atoms with Crippen molar-refractivity contribution in [2.24, 2.45) is 0 Å². The van der Waals surface area contributed by atoms with Gasteiger partial charge in [-0.15, -0.1) is 0 Å². The SMILES string of the molecule is CNS(=O)(=O)c1ccc(Oc2ccc(Br)c(F)c2)cc1N. The Kier molecular flexibility index (Phi) is 4.50. The molecule has 0 saturated carbocycles. The van der Waals surface area contributed by atoms with Crippen molar-refractivity contribution >= 4 is 31.6 Å². The van der Waals surface area contributed by atoms with E-state index in [9.17, 15) is 12.8 Å². The Morgan fingerprint density at radius 3 is 2.38 bits per heavy atom. The first-order valence-corrected chi connectivity index (χ1v) is 8.07. The van der Waals surface area contributed by atoms with Crippen molar-refractivity contribution in [1.82, 2.24) is 4.72 Å². The first-order chi connectivity index (χ1) is 9.83. The summed E-state index contributed by atoms with van der Waals surface area (Å²) < 4.78 is 44.7. The van der Waals surface area contributed by atoms with Crippen molar-refractivity contribution in [1.29, 1.82) is 0 Å². The van der Waals surface area contributed by atoms with E-state index in [0.717, 1.165) is 0 Å². The number of rotatable bonds is 4. The average molecular weight is 375 g/mol. The van der Waals surface area contributed by atoms with Gasteiger partial charge in [0.15, 0.2) is 0 Å². The van der Waals surface area contributed by atoms with Crippen LogP contribution in [0.2, 0.25) is 0 Å². The van der Waals surface area contributed by atoms with Crippen LogP contribution >= 0.6 is 15.9 Å². The smallest absolute Gasteiger partial charge is 0.242 e. The van der Waals surface area contributed by atoms with Gasteiger partial charge in [-0.1, -0.05) is 0 Å². The van der Waals surface area contributed by atoms with Crippen LogP contribution in [0, 0.1) is 5.82 Å². The quantitative estimate of drug-likeness (QED) is 0.806. The summed E-state index contributed by atoms with van der Waals surface area (Å²) in [4.78, 5) is -0.0423. The zero-order valence-electron chi connectivity index (χ0n) is 10.9. The third-order valence-corrected chi connectivity index (χ3v) is 4.80. The molecule has 0 saturated heterocycles. The highest BCUT2D eigenvalue weighted by Gasteiger charge is 2.15. The van der Waals surface area contributed by atoms with Gasteiger partial charge in [0.2, 0.25) is 10.0 Å². The van der Waals surface area contributed by atoms with E-state index in [-0.39, 0.29) is 16.3 Å². The summed E-state index contributed by atoms with van der Waals surface area (Å²) in [5.74, 6) is 0.124. The third kappa shape index (κ3) is 3.52. The second-order valence-electron chi connectivity index (χ2n) is 4.09. The molecular weight excluding hydrogens is 363 g/mol. The van der Waals surface area contributed by atoms with Crippen molar-refractivity contribution in [3.05, 3.63) is 46.7 Å². The number of nitrogens with two attached hydrogens (primary N) is 1. The molecule has 21 heavy (non-hydrogen) atoms. The summed E-state index contributed by atoms with van der Waals surface area (Å²) >= 11 is 3.04. The van der Waals surface area contributed by atoms with Crippen molar-refractivity contribution in [3.63, 3.8) is 0 Å². The van der Waals surface area contributed by atoms with Crippen molar-refractivity contribution < 1.29 is 17.5 Å². The van der Waals surface area contributed by atoms with Crippen LogP contribution in [0.15, 0.2) is 45.8 Å². The van der Waals surface area contributed by atoms with E-state index < -0.39 is 15.8 Å². The maximum atomic E-state index is 13.4. The van der Waals surface area contributed by atoms with Crippen molar-refractivity contribution in [2.45, 2.75) is 4.90 Å². The monoisotopic (exact) mass is 374 g/mol. The Balaban J connectivity index is 2.30. The van der Waals surface area contributed by atoms with Gasteiger partial charge in [-0.2, -0.15) is 0 Å². The highest BCUT2D eigenvalue weighted by molar-refractivity contribution is 9.10. The summed E-state index contributed by atoms with van der Waals surface area (Å²) in [7, 11) is -2.33. The molecule has 0 unspecified atom stereocenters. The molecule has 0 radical (unpaired) electrons. The fraction of sp³-hybridized carbons (Fsp3) is 0.0769. The fourth-order valence-electron chi connectivity index (χ4n) is 1.62. The van der Waals surface area contributed by atoms with Crippen LogP contribution in [0.25, 0.3) is 0 Å². The predicted octanol–water partition coefficient (Wildman–Crippen LogP) is 2.87. The van der Waals surface area contributed by atoms with E-state index in [1.807, 2.05) is 0 Å². The zero-order chi connectivity index (χ0) is 15.6. The third-order valence-electron chi connectivity index (χ3n) is 2.67. The summed E-state index contributed by atoms with van der Waals surface area (Å²) in [6, 6.07) is 8.42. The van der Waals surface area contributed by atoms with Crippen LogP contribution in [-0.4, -0.2) is 15.5 Å². The van der Waals surface area contributed by atoms with Crippen LogP contribution in [0.1, 0.15) is 0 Å². The van der Waals surface area contributed by atoms with Crippen LogP contribution in [0.4, 0.5) is 10.1 Å². The number of hydrogen-bond donors (Lipinski definition) is 2. The molecule has 3 N–H and O–H groups in total. The van der Waals surface area contributed by atoms with Gasteiger partial charge in [0.1, 0.15) is 22.2 Å². The molecule has 0 bridgehead atoms. The van der Waals surface area contributed by atoms with Gasteiger partial charge in [-0.3, -0.25) is 0 Å². The molecule has 0 aromatic heterocycles. The molecule has 0 amide bonds. The number of hydrogen-bond acceptors (Lipinski definition) is 4. The molecule has 2 rings (SSSR count). The average Bonchev–Trinajstić information content (AvgIpc) is 2.43. The van der Waals surface area contributed by atoms with Gasteiger partial charge in [-0.25, -0.2) is 17.5 Å². The topological polar surface area (TPSA) is 81.4 Å². The van der Waals surface area contributed by atoms with E-state index in [1.165, 1.54) is 37.4 Å². The van der Waals surface area contributed by atoms with Gasteiger partial charge in [0.25, 0.3) is 0 Å². The Hall–Kier alpha value is -1.64. The molecule has 0 atom stereocenters. The molecule has 0 fully saturated rings. The van der Waals surface area contributed by atoms with E-state index in [1.54, 1.807) is 6.07 Å². The van der Waals surface area contributed by atoms with E-state index in [0.29, 0.717) is 10.2 Å². The minimum Gasteiger partial charge on any atom is -0.457 e. The van der Waals surface area contributed by atoms with E-state index in [4.69, 9.17) is 10.5 Å². The second-order valence-corrected chi connectivity index (χ2v) is 6.79. The molecular formula is C13H12BrFN2O3S. The van der Waals surface area contributed by atoms with Gasteiger partial charge >= 0.3 is 0 Å². The van der Waals surface area contributed by atoms with Crippen LogP contribution < -0.4 is 15.2 Å². The first-order valence-electron chi connectivity index (χ1n) is 5.79. The number of nitrogen functional groups attached to an aromatic ring is 1. The molecule has 0 aliphatic heterocycles. The van der Waals surface area contributed by atoms with Crippen LogP contribution in [0.3, 0.4) is 0 Å². The summed E-state index contributed by atoms with van der Waals surface area (Å²) in [5, 5.41) is 0. The number of benzene rings is 2. The summed E-state index contributed by atoms with van der Waals surface area (Å²) in [6.45, 7) is 0. The fourth-order valence-corrected chi connectivity index (χ4v) is 2.70. The minimum atomic E-state index is -3.63. The van der Waals surface area contributed by atoms with Crippen molar-refractivity contribution in [3.8, 4) is 11.5 Å². The lowest BCUT2D eigenvalue weighted by atomic mass is 10.3. The number of halogens is 2. The summed E-state index contributed by atoms with van der Waals surface area (Å²) in [6.07, 6.45) is 0. The molecule has 8 heteroatoms. The van der Waals surface area contributed by atoms with Crippen LogP contribution in [-0.2, 0) is 10.0 Å². The molecule has 0 aliphatic carbocycles. The molecule has 112 valence electrons. The Bertz CT molecular complexity index is 781. The van der Waals surface area contributed by atoms with Gasteiger partial charge in [-0.05, 0) is 47.2 Å². The highest BCUT2D eigenvalue weighted by atomic mass is 79.9. The molecule has 2 aromatic rings. The van der Waals surface area contributed by atoms with Crippen LogP contribution in [0.5, 0.6) is 11.5 Å². The largest absolute Gasteiger partial charge is 0.457 e. The maximum Gasteiger partial charge on any atom is 0.242 e. The number of ether oxygens (including phenoxy) is 1. The predicted molar refractivity (Wildman–Crippen MR) is 81.3 cm³/mol. The molecule has 2 aromatic carbocycles. The maximum absolute atomic E-state index is 13.4. The van der Waals surface area contributed by atoms with Gasteiger partial charge in [0, 0.05) is 12.1 Å². The van der Waals surface area contributed by atoms with Gasteiger partial charge in [0.05, 0.1) is 10.2 Å². The lowest BCUT2D eigenvalue weighted by molar-refractivity contribution is 0.476. The van der Waals surface area contributed by atoms with E-state index >= 15 is 0 Å². The second kappa shape index (κ2) is 6.00. The minimum absolute atomic E-state index is 0.0411. The number of anilines is 1. The number of sulfonamides is 1. The molecule has 0 heterocycles. The Labute approximate surface area is 130 Å². The van der Waals surface area contributed by atoms with Crippen molar-refractivity contribution in [2.75, 3.05) is 12.8 Å². The van der Waals surface area contributed by atoms with Gasteiger partial charge < -0.3 is 10.5 Å². The zero-order valence-corrected chi connectivity index (χ0v) is 13.3. The molecule has 0 aliphatic rings.